The lowest BCUT2D eigenvalue weighted by Gasteiger charge is -2.42. The van der Waals surface area contributed by atoms with Gasteiger partial charge < -0.3 is 20.3 Å². The minimum Gasteiger partial charge on any atom is -0.382 e. The molecule has 0 bridgehead atoms. The first-order valence-corrected chi connectivity index (χ1v) is 10.4. The predicted octanol–water partition coefficient (Wildman–Crippen LogP) is 2.85. The number of rotatable bonds is 7. The van der Waals surface area contributed by atoms with Crippen LogP contribution in [0, 0.1) is 24.4 Å². The van der Waals surface area contributed by atoms with E-state index in [0.717, 1.165) is 17.7 Å². The van der Waals surface area contributed by atoms with Gasteiger partial charge in [-0.3, -0.25) is 9.48 Å². The summed E-state index contributed by atoms with van der Waals surface area (Å²) in [6, 6.07) is 1.88. The van der Waals surface area contributed by atoms with Gasteiger partial charge in [0.15, 0.2) is 23.3 Å². The quantitative estimate of drug-likeness (QED) is 0.507. The molecule has 1 aliphatic rings. The molecule has 12 heteroatoms. The molecule has 2 aromatic heterocycles. The highest BCUT2D eigenvalue weighted by molar-refractivity contribution is 6.06. The van der Waals surface area contributed by atoms with Gasteiger partial charge in [0, 0.05) is 32.5 Å². The topological polar surface area (TPSA) is 97.2 Å². The molecule has 2 N–H and O–H groups in total. The molecule has 0 spiro atoms. The van der Waals surface area contributed by atoms with E-state index in [9.17, 15) is 18.0 Å². The third-order valence-corrected chi connectivity index (χ3v) is 5.81. The van der Waals surface area contributed by atoms with Gasteiger partial charge in [0.05, 0.1) is 25.0 Å². The Kier molecular flexibility index (Phi) is 6.17. The molecule has 0 saturated heterocycles. The molecular formula is C22H24F3N7O2. The van der Waals surface area contributed by atoms with Gasteiger partial charge in [0.2, 0.25) is 5.95 Å². The second-order valence-electron chi connectivity index (χ2n) is 8.32. The fourth-order valence-corrected chi connectivity index (χ4v) is 3.76. The van der Waals surface area contributed by atoms with Gasteiger partial charge in [0.1, 0.15) is 11.2 Å². The summed E-state index contributed by atoms with van der Waals surface area (Å²) >= 11 is 0. The van der Waals surface area contributed by atoms with Crippen molar-refractivity contribution in [3.63, 3.8) is 0 Å². The highest BCUT2D eigenvalue weighted by Crippen LogP contribution is 2.36. The van der Waals surface area contributed by atoms with Crippen LogP contribution in [0.4, 0.5) is 30.6 Å². The number of likely N-dealkylation sites (N-methyl/N-ethyl adjacent to an activating group) is 1. The molecule has 3 aromatic rings. The lowest BCUT2D eigenvalue weighted by atomic mass is 9.97. The van der Waals surface area contributed by atoms with Gasteiger partial charge in [-0.25, -0.2) is 18.2 Å². The first-order valence-electron chi connectivity index (χ1n) is 10.4. The van der Waals surface area contributed by atoms with Crippen molar-refractivity contribution in [3.8, 4) is 0 Å². The maximum Gasteiger partial charge on any atom is 0.252 e. The number of fused-ring (bicyclic) bond motifs is 1. The third-order valence-electron chi connectivity index (χ3n) is 5.81. The first-order chi connectivity index (χ1) is 16.1. The largest absolute Gasteiger partial charge is 0.382 e. The summed E-state index contributed by atoms with van der Waals surface area (Å²) in [6.45, 7) is 4.13. The van der Waals surface area contributed by atoms with Gasteiger partial charge in [-0.1, -0.05) is 0 Å². The number of ether oxygens (including phenoxy) is 1. The van der Waals surface area contributed by atoms with Crippen molar-refractivity contribution in [1.82, 2.24) is 19.7 Å². The van der Waals surface area contributed by atoms with Crippen LogP contribution in [0.15, 0.2) is 24.5 Å². The van der Waals surface area contributed by atoms with E-state index in [1.807, 2.05) is 0 Å². The van der Waals surface area contributed by atoms with Crippen molar-refractivity contribution in [2.75, 3.05) is 36.3 Å². The maximum atomic E-state index is 13.4. The fourth-order valence-electron chi connectivity index (χ4n) is 3.76. The SMILES string of the molecule is COC[C@@]1(C)C(=O)Nc2c(C)nc(NCc3cnn(Cc4cc(F)c(F)c(F)c4)c3)nc2N1C. The molecule has 0 fully saturated rings. The number of carbonyl (C=O) groups excluding carboxylic acids is 1. The smallest absolute Gasteiger partial charge is 0.252 e. The van der Waals surface area contributed by atoms with Crippen molar-refractivity contribution in [3.05, 3.63) is 58.8 Å². The van der Waals surface area contributed by atoms with Crippen LogP contribution >= 0.6 is 0 Å². The number of hydrogen-bond donors (Lipinski definition) is 2. The average Bonchev–Trinajstić information content (AvgIpc) is 3.23. The van der Waals surface area contributed by atoms with E-state index >= 15 is 0 Å². The van der Waals surface area contributed by atoms with Crippen molar-refractivity contribution in [2.24, 2.45) is 0 Å². The summed E-state index contributed by atoms with van der Waals surface area (Å²) in [6.07, 6.45) is 3.29. The standard InChI is InChI=1S/C22H24F3N7O2/c1-12-18-19(31(3)22(2,11-34-4)20(33)29-18)30-21(28-12)26-7-14-8-27-32(10-14)9-13-5-15(23)17(25)16(24)6-13/h5-6,8,10H,7,9,11H2,1-4H3,(H,29,33)(H,26,28,30)/t22-/m0/s1. The summed E-state index contributed by atoms with van der Waals surface area (Å²) < 4.78 is 46.8. The van der Waals surface area contributed by atoms with E-state index in [1.165, 1.54) is 11.8 Å². The van der Waals surface area contributed by atoms with Gasteiger partial charge in [0.25, 0.3) is 5.91 Å². The average molecular weight is 475 g/mol. The number of halogens is 3. The molecular weight excluding hydrogens is 451 g/mol. The molecule has 0 radical (unpaired) electrons. The van der Waals surface area contributed by atoms with Crippen molar-refractivity contribution in [2.45, 2.75) is 32.5 Å². The van der Waals surface area contributed by atoms with Gasteiger partial charge >= 0.3 is 0 Å². The third kappa shape index (κ3) is 4.28. The Morgan fingerprint density at radius 2 is 1.88 bits per heavy atom. The Balaban J connectivity index is 1.48. The normalized spacial score (nSPS) is 17.5. The van der Waals surface area contributed by atoms with Gasteiger partial charge in [-0.15, -0.1) is 0 Å². The molecule has 3 heterocycles. The van der Waals surface area contributed by atoms with Crippen LogP contribution in [-0.4, -0.2) is 52.0 Å². The van der Waals surface area contributed by atoms with Crippen LogP contribution in [0.5, 0.6) is 0 Å². The van der Waals surface area contributed by atoms with E-state index < -0.39 is 23.0 Å². The van der Waals surface area contributed by atoms with Crippen LogP contribution in [0.1, 0.15) is 23.7 Å². The maximum absolute atomic E-state index is 13.4. The van der Waals surface area contributed by atoms with Gasteiger partial charge in [-0.2, -0.15) is 10.1 Å². The van der Waals surface area contributed by atoms with Gasteiger partial charge in [-0.05, 0) is 31.5 Å². The molecule has 0 saturated carbocycles. The number of nitrogens with one attached hydrogen (secondary N) is 2. The molecule has 1 aromatic carbocycles. The Labute approximate surface area is 194 Å². The molecule has 34 heavy (non-hydrogen) atoms. The van der Waals surface area contributed by atoms with Crippen LogP contribution in [-0.2, 0) is 22.6 Å². The Bertz CT molecular complexity index is 1230. The highest BCUT2D eigenvalue weighted by Gasteiger charge is 2.44. The summed E-state index contributed by atoms with van der Waals surface area (Å²) in [5.41, 5.74) is 1.23. The zero-order valence-corrected chi connectivity index (χ0v) is 19.1. The minimum absolute atomic E-state index is 0.0746. The fraction of sp³-hybridized carbons (Fsp3) is 0.364. The second kappa shape index (κ2) is 8.93. The lowest BCUT2D eigenvalue weighted by molar-refractivity contribution is -0.122. The molecule has 180 valence electrons. The molecule has 0 unspecified atom stereocenters. The number of anilines is 3. The summed E-state index contributed by atoms with van der Waals surface area (Å²) in [7, 11) is 3.31. The van der Waals surface area contributed by atoms with Crippen molar-refractivity contribution < 1.29 is 22.7 Å². The second-order valence-corrected chi connectivity index (χ2v) is 8.32. The van der Waals surface area contributed by atoms with Crippen LogP contribution in [0.3, 0.4) is 0 Å². The summed E-state index contributed by atoms with van der Waals surface area (Å²) in [5.74, 6) is -3.27. The number of amides is 1. The van der Waals surface area contributed by atoms with E-state index in [2.05, 4.69) is 25.7 Å². The van der Waals surface area contributed by atoms with Crippen LogP contribution in [0.2, 0.25) is 0 Å². The van der Waals surface area contributed by atoms with Crippen molar-refractivity contribution in [1.29, 1.82) is 0 Å². The zero-order valence-electron chi connectivity index (χ0n) is 19.1. The Hall–Kier alpha value is -3.67. The lowest BCUT2D eigenvalue weighted by Crippen LogP contribution is -2.59. The number of aryl methyl sites for hydroxylation is 1. The predicted molar refractivity (Wildman–Crippen MR) is 119 cm³/mol. The number of hydrogen-bond acceptors (Lipinski definition) is 7. The number of carbonyl (C=O) groups is 1. The van der Waals surface area contributed by atoms with Crippen molar-refractivity contribution >= 4 is 23.4 Å². The highest BCUT2D eigenvalue weighted by atomic mass is 19.2. The molecule has 9 nitrogen and oxygen atoms in total. The first kappa shape index (κ1) is 23.5. The molecule has 0 aliphatic carbocycles. The van der Waals surface area contributed by atoms with E-state index in [-0.39, 0.29) is 24.6 Å². The molecule has 1 atom stereocenters. The van der Waals surface area contributed by atoms with Crippen LogP contribution < -0.4 is 15.5 Å². The van der Waals surface area contributed by atoms with E-state index in [4.69, 9.17) is 4.74 Å². The number of benzene rings is 1. The van der Waals surface area contributed by atoms with E-state index in [1.54, 1.807) is 38.2 Å². The molecule has 1 amide bonds. The number of methoxy groups -OCH3 is 1. The Morgan fingerprint density at radius 1 is 1.18 bits per heavy atom. The number of aromatic nitrogens is 4. The summed E-state index contributed by atoms with van der Waals surface area (Å²) in [4.78, 5) is 23.4. The van der Waals surface area contributed by atoms with E-state index in [0.29, 0.717) is 29.7 Å². The summed E-state index contributed by atoms with van der Waals surface area (Å²) in [5, 5.41) is 10.2. The molecule has 4 rings (SSSR count). The number of nitrogens with zero attached hydrogens (tertiary/aromatic N) is 5. The molecule has 1 aliphatic heterocycles. The minimum atomic E-state index is -1.50. The monoisotopic (exact) mass is 475 g/mol. The zero-order chi connectivity index (χ0) is 24.6. The van der Waals surface area contributed by atoms with Crippen LogP contribution in [0.25, 0.3) is 0 Å². The Morgan fingerprint density at radius 3 is 2.56 bits per heavy atom.